The second-order valence-corrected chi connectivity index (χ2v) is 5.58. The van der Waals surface area contributed by atoms with E-state index >= 15 is 0 Å². The van der Waals surface area contributed by atoms with Crippen LogP contribution in [-0.2, 0) is 0 Å². The number of fused-ring (bicyclic) bond motifs is 1. The molecule has 3 heterocycles. The summed E-state index contributed by atoms with van der Waals surface area (Å²) in [5.74, 6) is 0.740. The first-order valence-corrected chi connectivity index (χ1v) is 7.28. The van der Waals surface area contributed by atoms with Crippen molar-refractivity contribution in [2.24, 2.45) is 5.92 Å². The van der Waals surface area contributed by atoms with Crippen molar-refractivity contribution in [3.05, 3.63) is 42.2 Å². The molecular weight excluding hydrogens is 250 g/mol. The lowest BCUT2D eigenvalue weighted by Crippen LogP contribution is -2.42. The van der Waals surface area contributed by atoms with Gasteiger partial charge in [0.15, 0.2) is 0 Å². The van der Waals surface area contributed by atoms with E-state index in [0.29, 0.717) is 5.92 Å². The number of likely N-dealkylation sites (tertiary alicyclic amines) is 1. The summed E-state index contributed by atoms with van der Waals surface area (Å²) in [7, 11) is 1.97. The fraction of sp³-hybridized carbons (Fsp3) is 0.438. The Morgan fingerprint density at radius 1 is 1.45 bits per heavy atom. The van der Waals surface area contributed by atoms with Gasteiger partial charge in [0.1, 0.15) is 0 Å². The minimum Gasteiger partial charge on any atom is -0.338 e. The topological polar surface area (TPSA) is 36.8 Å². The fourth-order valence-corrected chi connectivity index (χ4v) is 3.06. The van der Waals surface area contributed by atoms with Crippen LogP contribution in [0, 0.1) is 5.92 Å². The summed E-state index contributed by atoms with van der Waals surface area (Å²) in [6.45, 7) is 2.73. The molecule has 1 unspecified atom stereocenters. The first-order valence-electron chi connectivity index (χ1n) is 7.28. The highest BCUT2D eigenvalue weighted by atomic mass is 16.2. The van der Waals surface area contributed by atoms with Crippen molar-refractivity contribution in [2.75, 3.05) is 26.7 Å². The number of nitrogens with one attached hydrogen (secondary N) is 1. The minimum atomic E-state index is 0.162. The van der Waals surface area contributed by atoms with Crippen LogP contribution in [-0.4, -0.2) is 41.9 Å². The molecule has 4 nitrogen and oxygen atoms in total. The number of carbonyl (C=O) groups excluding carboxylic acids is 1. The Labute approximate surface area is 119 Å². The Kier molecular flexibility index (Phi) is 3.74. The van der Waals surface area contributed by atoms with Gasteiger partial charge in [0.05, 0.1) is 5.56 Å². The molecule has 0 saturated carbocycles. The van der Waals surface area contributed by atoms with Crippen molar-refractivity contribution < 1.29 is 4.79 Å². The number of aromatic nitrogens is 1. The van der Waals surface area contributed by atoms with E-state index in [1.54, 1.807) is 0 Å². The third kappa shape index (κ3) is 2.56. The van der Waals surface area contributed by atoms with E-state index in [9.17, 15) is 4.79 Å². The van der Waals surface area contributed by atoms with Gasteiger partial charge in [-0.25, -0.2) is 0 Å². The van der Waals surface area contributed by atoms with Crippen molar-refractivity contribution in [3.63, 3.8) is 0 Å². The second-order valence-electron chi connectivity index (χ2n) is 5.58. The minimum absolute atomic E-state index is 0.162. The summed E-state index contributed by atoms with van der Waals surface area (Å²) < 4.78 is 2.00. The molecule has 1 aliphatic heterocycles. The molecule has 1 N–H and O–H groups in total. The number of nitrogens with zero attached hydrogens (tertiary/aromatic N) is 2. The highest BCUT2D eigenvalue weighted by molar-refractivity contribution is 5.95. The highest BCUT2D eigenvalue weighted by Crippen LogP contribution is 2.19. The van der Waals surface area contributed by atoms with Crippen LogP contribution >= 0.6 is 0 Å². The lowest BCUT2D eigenvalue weighted by Gasteiger charge is -2.32. The van der Waals surface area contributed by atoms with E-state index in [2.05, 4.69) is 5.32 Å². The van der Waals surface area contributed by atoms with Crippen molar-refractivity contribution in [2.45, 2.75) is 12.8 Å². The van der Waals surface area contributed by atoms with Gasteiger partial charge in [-0.05, 0) is 50.6 Å². The van der Waals surface area contributed by atoms with Gasteiger partial charge in [-0.15, -0.1) is 0 Å². The molecule has 1 atom stereocenters. The zero-order valence-corrected chi connectivity index (χ0v) is 11.9. The smallest absolute Gasteiger partial charge is 0.255 e. The van der Waals surface area contributed by atoms with Crippen LogP contribution in [0.25, 0.3) is 5.52 Å². The molecule has 0 aromatic carbocycles. The molecule has 1 fully saturated rings. The largest absolute Gasteiger partial charge is 0.338 e. The molecule has 0 radical (unpaired) electrons. The number of piperidine rings is 1. The van der Waals surface area contributed by atoms with Gasteiger partial charge < -0.3 is 14.6 Å². The third-order valence-electron chi connectivity index (χ3n) is 4.05. The number of pyridine rings is 1. The Balaban J connectivity index is 1.77. The van der Waals surface area contributed by atoms with Crippen LogP contribution in [0.5, 0.6) is 0 Å². The van der Waals surface area contributed by atoms with Crippen molar-refractivity contribution in [1.82, 2.24) is 14.6 Å². The van der Waals surface area contributed by atoms with Crippen molar-refractivity contribution in [3.8, 4) is 0 Å². The number of rotatable bonds is 3. The zero-order chi connectivity index (χ0) is 13.9. The lowest BCUT2D eigenvalue weighted by molar-refractivity contribution is 0.0674. The average molecular weight is 271 g/mol. The van der Waals surface area contributed by atoms with E-state index in [1.165, 1.54) is 6.42 Å². The SMILES string of the molecule is CNCC1CCCN(C(=O)c2cc3ccccn3c2)C1. The maximum Gasteiger partial charge on any atom is 0.255 e. The summed E-state index contributed by atoms with van der Waals surface area (Å²) in [6, 6.07) is 7.97. The van der Waals surface area contributed by atoms with Gasteiger partial charge in [0.2, 0.25) is 0 Å². The molecule has 0 bridgehead atoms. The first kappa shape index (κ1) is 13.2. The molecule has 1 amide bonds. The molecule has 2 aromatic heterocycles. The van der Waals surface area contributed by atoms with Crippen LogP contribution in [0.4, 0.5) is 0 Å². The number of carbonyl (C=O) groups is 1. The average Bonchev–Trinajstić information content (AvgIpc) is 2.91. The molecular formula is C16H21N3O. The molecule has 0 aliphatic carbocycles. The predicted octanol–water partition coefficient (Wildman–Crippen LogP) is 2.01. The molecule has 0 spiro atoms. The Morgan fingerprint density at radius 2 is 2.35 bits per heavy atom. The quantitative estimate of drug-likeness (QED) is 0.927. The molecule has 20 heavy (non-hydrogen) atoms. The van der Waals surface area contributed by atoms with Gasteiger partial charge in [-0.3, -0.25) is 4.79 Å². The summed E-state index contributed by atoms with van der Waals surface area (Å²) in [4.78, 5) is 14.6. The molecule has 106 valence electrons. The van der Waals surface area contributed by atoms with Crippen molar-refractivity contribution in [1.29, 1.82) is 0 Å². The van der Waals surface area contributed by atoms with Crippen LogP contribution in [0.3, 0.4) is 0 Å². The van der Waals surface area contributed by atoms with Crippen LogP contribution < -0.4 is 5.32 Å². The first-order chi connectivity index (χ1) is 9.78. The lowest BCUT2D eigenvalue weighted by atomic mass is 9.97. The van der Waals surface area contributed by atoms with Crippen LogP contribution in [0.15, 0.2) is 36.7 Å². The summed E-state index contributed by atoms with van der Waals surface area (Å²) in [5.41, 5.74) is 1.86. The van der Waals surface area contributed by atoms with E-state index < -0.39 is 0 Å². The monoisotopic (exact) mass is 271 g/mol. The molecule has 1 saturated heterocycles. The Morgan fingerprint density at radius 3 is 3.15 bits per heavy atom. The van der Waals surface area contributed by atoms with Gasteiger partial charge in [-0.2, -0.15) is 0 Å². The van der Waals surface area contributed by atoms with Gasteiger partial charge >= 0.3 is 0 Å². The van der Waals surface area contributed by atoms with E-state index in [4.69, 9.17) is 0 Å². The molecule has 1 aliphatic rings. The molecule has 4 heteroatoms. The van der Waals surface area contributed by atoms with E-state index in [0.717, 1.165) is 37.1 Å². The Bertz CT molecular complexity index is 570. The standard InChI is InChI=1S/C16H21N3O/c1-17-10-13-5-4-8-19(11-13)16(20)14-9-15-6-2-3-7-18(15)12-14/h2-3,6-7,9,12-13,17H,4-5,8,10-11H2,1H3. The maximum atomic E-state index is 12.6. The highest BCUT2D eigenvalue weighted by Gasteiger charge is 2.24. The number of amides is 1. The van der Waals surface area contributed by atoms with Gasteiger partial charge in [0, 0.05) is 31.0 Å². The van der Waals surface area contributed by atoms with E-state index in [-0.39, 0.29) is 5.91 Å². The summed E-state index contributed by atoms with van der Waals surface area (Å²) in [6.07, 6.45) is 6.22. The summed E-state index contributed by atoms with van der Waals surface area (Å²) in [5, 5.41) is 3.22. The van der Waals surface area contributed by atoms with Crippen LogP contribution in [0.2, 0.25) is 0 Å². The number of hydrogen-bond acceptors (Lipinski definition) is 2. The second kappa shape index (κ2) is 5.67. The summed E-state index contributed by atoms with van der Waals surface area (Å²) >= 11 is 0. The normalized spacial score (nSPS) is 19.4. The van der Waals surface area contributed by atoms with E-state index in [1.807, 2.05) is 53.0 Å². The van der Waals surface area contributed by atoms with Gasteiger partial charge in [-0.1, -0.05) is 6.07 Å². The van der Waals surface area contributed by atoms with Crippen LogP contribution in [0.1, 0.15) is 23.2 Å². The zero-order valence-electron chi connectivity index (χ0n) is 11.9. The number of hydrogen-bond donors (Lipinski definition) is 1. The third-order valence-corrected chi connectivity index (χ3v) is 4.05. The predicted molar refractivity (Wildman–Crippen MR) is 80.0 cm³/mol. The van der Waals surface area contributed by atoms with Crippen molar-refractivity contribution >= 4 is 11.4 Å². The molecule has 2 aromatic rings. The maximum absolute atomic E-state index is 12.6. The fourth-order valence-electron chi connectivity index (χ4n) is 3.06. The Hall–Kier alpha value is -1.81. The van der Waals surface area contributed by atoms with Gasteiger partial charge in [0.25, 0.3) is 5.91 Å². The molecule has 3 rings (SSSR count).